The summed E-state index contributed by atoms with van der Waals surface area (Å²) in [5.74, 6) is 0.957. The average molecular weight is 773 g/mol. The molecule has 288 valence electrons. The van der Waals surface area contributed by atoms with E-state index in [9.17, 15) is 9.00 Å². The van der Waals surface area contributed by atoms with Crippen molar-refractivity contribution in [1.29, 1.82) is 0 Å². The molecular formula is C43H53ClN4O5S. The van der Waals surface area contributed by atoms with Crippen molar-refractivity contribution in [3.63, 3.8) is 0 Å². The first kappa shape index (κ1) is 37.6. The van der Waals surface area contributed by atoms with E-state index in [-0.39, 0.29) is 28.4 Å². The number of allylic oxidation sites excluding steroid dienone is 1. The molecule has 5 aliphatic rings. The summed E-state index contributed by atoms with van der Waals surface area (Å²) < 4.78 is 35.5. The number of nitrogens with one attached hydrogen (secondary N) is 1. The van der Waals surface area contributed by atoms with Gasteiger partial charge in [0.2, 0.25) is 0 Å². The van der Waals surface area contributed by atoms with E-state index in [4.69, 9.17) is 30.8 Å². The number of aryl methyl sites for hydroxylation is 1. The third kappa shape index (κ3) is 7.25. The monoisotopic (exact) mass is 772 g/mol. The van der Waals surface area contributed by atoms with Gasteiger partial charge in [0.15, 0.2) is 0 Å². The summed E-state index contributed by atoms with van der Waals surface area (Å²) in [7, 11) is 0.259. The maximum atomic E-state index is 13.7. The predicted molar refractivity (Wildman–Crippen MR) is 213 cm³/mol. The van der Waals surface area contributed by atoms with Crippen LogP contribution in [0.3, 0.4) is 0 Å². The molecule has 0 radical (unpaired) electrons. The second kappa shape index (κ2) is 15.7. The van der Waals surface area contributed by atoms with E-state index < -0.39 is 16.6 Å². The van der Waals surface area contributed by atoms with Crippen LogP contribution in [-0.4, -0.2) is 78.4 Å². The van der Waals surface area contributed by atoms with Gasteiger partial charge in [-0.15, -0.1) is 0 Å². The summed E-state index contributed by atoms with van der Waals surface area (Å²) in [6.07, 6.45) is 14.2. The second-order valence-electron chi connectivity index (χ2n) is 16.2. The van der Waals surface area contributed by atoms with Crippen LogP contribution in [0.1, 0.15) is 78.6 Å². The van der Waals surface area contributed by atoms with Gasteiger partial charge in [-0.25, -0.2) is 4.21 Å². The molecule has 2 aliphatic carbocycles. The Bertz CT molecular complexity index is 1920. The number of nitrogens with zero attached hydrogens (tertiary/aromatic N) is 3. The number of pyridine rings is 1. The van der Waals surface area contributed by atoms with Crippen molar-refractivity contribution >= 4 is 34.2 Å². The van der Waals surface area contributed by atoms with E-state index in [1.54, 1.807) is 6.07 Å². The van der Waals surface area contributed by atoms with Crippen LogP contribution in [0.25, 0.3) is 0 Å². The van der Waals surface area contributed by atoms with Gasteiger partial charge in [-0.3, -0.25) is 19.4 Å². The zero-order valence-electron chi connectivity index (χ0n) is 31.7. The Morgan fingerprint density at radius 3 is 2.74 bits per heavy atom. The number of morpholine rings is 1. The summed E-state index contributed by atoms with van der Waals surface area (Å²) in [5, 5.41) is 0.494. The Morgan fingerprint density at radius 2 is 1.94 bits per heavy atom. The standard InChI is InChI=1S/C43H53ClN4O5S/c1-29-6-4-15-43(51-3,35-20-31(23-45-24-35)25-47-16-18-52-19-17-47)38-11-8-34(38)26-48-27-42(14-5-7-32-21-36(44)10-12-37(32)42)28-53-40-13-9-33(22-39(40)48)41(49)46-54(50)30(29)2/h4,9-10,12-13,15,20-24,29-30,34,38H,5-8,11,14,16-19,25-28H2,1-3H3,(H,46,49)/b15-4+/t29?,30?,34?,38?,42-,43-,54?/m0/s1. The number of benzene rings is 2. The van der Waals surface area contributed by atoms with E-state index in [0.717, 1.165) is 100 Å². The molecule has 1 aromatic heterocycles. The molecule has 4 heterocycles. The number of aromatic nitrogens is 1. The number of hydrogen-bond acceptors (Lipinski definition) is 8. The van der Waals surface area contributed by atoms with E-state index >= 15 is 0 Å². The molecule has 1 N–H and O–H groups in total. The molecule has 1 saturated heterocycles. The predicted octanol–water partition coefficient (Wildman–Crippen LogP) is 6.99. The molecule has 7 atom stereocenters. The molecule has 3 aliphatic heterocycles. The van der Waals surface area contributed by atoms with E-state index in [1.165, 1.54) is 16.7 Å². The van der Waals surface area contributed by atoms with E-state index in [2.05, 4.69) is 51.8 Å². The van der Waals surface area contributed by atoms with E-state index in [0.29, 0.717) is 24.5 Å². The molecule has 1 saturated carbocycles. The fourth-order valence-corrected chi connectivity index (χ4v) is 10.8. The molecule has 54 heavy (non-hydrogen) atoms. The Balaban J connectivity index is 1.21. The zero-order valence-corrected chi connectivity index (χ0v) is 33.3. The molecule has 8 rings (SSSR count). The summed E-state index contributed by atoms with van der Waals surface area (Å²) in [5.41, 5.74) is 5.25. The van der Waals surface area contributed by atoms with Gasteiger partial charge in [0, 0.05) is 79.7 Å². The number of carbonyl (C=O) groups excluding carboxylic acids is 1. The van der Waals surface area contributed by atoms with Crippen molar-refractivity contribution in [2.45, 2.75) is 75.2 Å². The Labute approximate surface area is 327 Å². The normalized spacial score (nSPS) is 32.3. The second-order valence-corrected chi connectivity index (χ2v) is 18.2. The van der Waals surface area contributed by atoms with Crippen LogP contribution in [0.5, 0.6) is 5.75 Å². The van der Waals surface area contributed by atoms with Crippen LogP contribution >= 0.6 is 11.6 Å². The van der Waals surface area contributed by atoms with Crippen LogP contribution in [0, 0.1) is 17.8 Å². The quantitative estimate of drug-likeness (QED) is 0.284. The van der Waals surface area contributed by atoms with Crippen molar-refractivity contribution in [1.82, 2.24) is 14.6 Å². The summed E-state index contributed by atoms with van der Waals surface area (Å²) in [6.45, 7) is 10.2. The minimum atomic E-state index is -1.58. The van der Waals surface area contributed by atoms with Gasteiger partial charge in [0.1, 0.15) is 22.3 Å². The van der Waals surface area contributed by atoms with Crippen molar-refractivity contribution in [2.24, 2.45) is 17.8 Å². The highest BCUT2D eigenvalue weighted by atomic mass is 35.5. The molecule has 2 fully saturated rings. The number of carbonyl (C=O) groups is 1. The fraction of sp³-hybridized carbons (Fsp3) is 0.535. The summed E-state index contributed by atoms with van der Waals surface area (Å²) in [6, 6.07) is 14.3. The van der Waals surface area contributed by atoms with Gasteiger partial charge < -0.3 is 19.1 Å². The maximum Gasteiger partial charge on any atom is 0.263 e. The highest BCUT2D eigenvalue weighted by Crippen LogP contribution is 2.52. The molecule has 3 aromatic rings. The van der Waals surface area contributed by atoms with E-state index in [1.807, 2.05) is 44.6 Å². The SMILES string of the molecule is CO[C@]1(c2cncc(CN3CCOCC3)c2)/C=C/CC(C)C(C)S(=O)NC(=O)c2ccc3c(c2)N(CC2CCC21)C[C@@]1(CCCc2cc(Cl)ccc21)CO3. The lowest BCUT2D eigenvalue weighted by Gasteiger charge is -2.50. The number of methoxy groups -OCH3 is 1. The number of ether oxygens (including phenoxy) is 3. The lowest BCUT2D eigenvalue weighted by Crippen LogP contribution is -2.52. The fourth-order valence-electron chi connectivity index (χ4n) is 9.57. The average Bonchev–Trinajstić information content (AvgIpc) is 3.32. The number of amides is 1. The number of anilines is 1. The molecule has 1 spiro atoms. The van der Waals surface area contributed by atoms with Gasteiger partial charge in [-0.2, -0.15) is 0 Å². The molecule has 2 bridgehead atoms. The smallest absolute Gasteiger partial charge is 0.263 e. The van der Waals surface area contributed by atoms with Crippen molar-refractivity contribution in [3.8, 4) is 5.75 Å². The molecular weight excluding hydrogens is 720 g/mol. The molecule has 2 aromatic carbocycles. The summed E-state index contributed by atoms with van der Waals surface area (Å²) >= 11 is 6.52. The third-order valence-corrected chi connectivity index (χ3v) is 14.8. The van der Waals surface area contributed by atoms with Crippen molar-refractivity contribution < 1.29 is 23.2 Å². The number of fused-ring (bicyclic) bond motifs is 4. The van der Waals surface area contributed by atoms with Crippen LogP contribution in [0.2, 0.25) is 5.02 Å². The van der Waals surface area contributed by atoms with Gasteiger partial charge in [-0.1, -0.05) is 36.7 Å². The van der Waals surface area contributed by atoms with Crippen LogP contribution < -0.4 is 14.4 Å². The first-order valence-corrected chi connectivity index (χ1v) is 21.3. The number of halogens is 1. The highest BCUT2D eigenvalue weighted by Gasteiger charge is 2.50. The minimum Gasteiger partial charge on any atom is -0.490 e. The molecule has 5 unspecified atom stereocenters. The van der Waals surface area contributed by atoms with Gasteiger partial charge in [0.05, 0.1) is 30.8 Å². The van der Waals surface area contributed by atoms with Crippen LogP contribution in [-0.2, 0) is 44.4 Å². The first-order valence-electron chi connectivity index (χ1n) is 19.7. The first-order chi connectivity index (χ1) is 26.2. The Kier molecular flexibility index (Phi) is 10.9. The third-order valence-electron chi connectivity index (χ3n) is 13.0. The zero-order chi connectivity index (χ0) is 37.5. The molecule has 1 amide bonds. The van der Waals surface area contributed by atoms with Crippen molar-refractivity contribution in [2.75, 3.05) is 58.0 Å². The number of hydrogen-bond donors (Lipinski definition) is 1. The number of rotatable bonds is 4. The van der Waals surface area contributed by atoms with Gasteiger partial charge >= 0.3 is 0 Å². The lowest BCUT2D eigenvalue weighted by atomic mass is 9.62. The van der Waals surface area contributed by atoms with Crippen LogP contribution in [0.15, 0.2) is 67.0 Å². The largest absolute Gasteiger partial charge is 0.490 e. The minimum absolute atomic E-state index is 0.0493. The van der Waals surface area contributed by atoms with Gasteiger partial charge in [-0.05, 0) is 110 Å². The highest BCUT2D eigenvalue weighted by molar-refractivity contribution is 7.84. The van der Waals surface area contributed by atoms with Crippen molar-refractivity contribution in [3.05, 3.63) is 99.9 Å². The van der Waals surface area contributed by atoms with Gasteiger partial charge in [0.25, 0.3) is 5.91 Å². The summed E-state index contributed by atoms with van der Waals surface area (Å²) in [4.78, 5) is 23.4. The maximum absolute atomic E-state index is 13.7. The molecule has 9 nitrogen and oxygen atoms in total. The lowest BCUT2D eigenvalue weighted by molar-refractivity contribution is -0.0807. The Morgan fingerprint density at radius 1 is 1.09 bits per heavy atom. The van der Waals surface area contributed by atoms with Crippen LogP contribution in [0.4, 0.5) is 5.69 Å². The molecule has 11 heteroatoms. The topological polar surface area (TPSA) is 93.2 Å². The Hall–Kier alpha value is -3.28.